The molecule has 3 nitrogen and oxygen atoms in total. The lowest BCUT2D eigenvalue weighted by atomic mass is 10.1. The molecule has 0 spiro atoms. The van der Waals surface area contributed by atoms with E-state index in [0.29, 0.717) is 26.1 Å². The third-order valence-corrected chi connectivity index (χ3v) is 4.73. The van der Waals surface area contributed by atoms with E-state index in [1.807, 2.05) is 18.2 Å². The maximum absolute atomic E-state index is 10.4. The van der Waals surface area contributed by atoms with Crippen molar-refractivity contribution in [1.82, 2.24) is 4.98 Å². The second kappa shape index (κ2) is 5.98. The number of hydrogen-bond acceptors (Lipinski definition) is 4. The maximum atomic E-state index is 10.4. The van der Waals surface area contributed by atoms with Crippen LogP contribution in [0.1, 0.15) is 10.6 Å². The standard InChI is InChI=1S/C16H8Cl2N2OS/c17-11-5-2-1-4-9(11)15(21)10(8-19)16-20-14-12(18)6-3-7-13(14)22-16/h1-7,21H/b15-10+. The van der Waals surface area contributed by atoms with Crippen molar-refractivity contribution in [1.29, 1.82) is 5.26 Å². The number of para-hydroxylation sites is 1. The van der Waals surface area contributed by atoms with E-state index in [0.717, 1.165) is 4.70 Å². The Balaban J connectivity index is 2.22. The highest BCUT2D eigenvalue weighted by atomic mass is 35.5. The van der Waals surface area contributed by atoms with Gasteiger partial charge in [0, 0.05) is 5.56 Å². The number of thiazole rings is 1. The molecule has 1 N–H and O–H groups in total. The van der Waals surface area contributed by atoms with Crippen molar-refractivity contribution in [3.05, 3.63) is 63.1 Å². The molecule has 0 unspecified atom stereocenters. The number of rotatable bonds is 2. The van der Waals surface area contributed by atoms with Gasteiger partial charge in [0.05, 0.1) is 14.7 Å². The van der Waals surface area contributed by atoms with Crippen LogP contribution in [0.2, 0.25) is 10.0 Å². The first-order valence-electron chi connectivity index (χ1n) is 6.25. The van der Waals surface area contributed by atoms with Crippen LogP contribution < -0.4 is 0 Å². The fraction of sp³-hybridized carbons (Fsp3) is 0. The van der Waals surface area contributed by atoms with E-state index in [-0.39, 0.29) is 11.3 Å². The summed E-state index contributed by atoms with van der Waals surface area (Å²) in [5.41, 5.74) is 1.08. The molecule has 0 atom stereocenters. The fourth-order valence-corrected chi connectivity index (χ4v) is 3.50. The minimum absolute atomic E-state index is 0.0744. The molecular formula is C16H8Cl2N2OS. The molecule has 2 aromatic carbocycles. The quantitative estimate of drug-likeness (QED) is 0.488. The van der Waals surface area contributed by atoms with Crippen LogP contribution in [0.5, 0.6) is 0 Å². The Hall–Kier alpha value is -2.06. The van der Waals surface area contributed by atoms with Gasteiger partial charge in [-0.15, -0.1) is 11.3 Å². The van der Waals surface area contributed by atoms with Gasteiger partial charge in [-0.3, -0.25) is 0 Å². The Morgan fingerprint density at radius 3 is 2.50 bits per heavy atom. The molecule has 0 radical (unpaired) electrons. The van der Waals surface area contributed by atoms with Crippen molar-refractivity contribution < 1.29 is 5.11 Å². The Kier molecular flexibility index (Phi) is 4.04. The zero-order valence-corrected chi connectivity index (χ0v) is 13.4. The zero-order chi connectivity index (χ0) is 15.7. The van der Waals surface area contributed by atoms with Gasteiger partial charge >= 0.3 is 0 Å². The lowest BCUT2D eigenvalue weighted by Gasteiger charge is -2.04. The Morgan fingerprint density at radius 1 is 1.09 bits per heavy atom. The fourth-order valence-electron chi connectivity index (χ4n) is 2.01. The van der Waals surface area contributed by atoms with Crippen LogP contribution in [0.3, 0.4) is 0 Å². The van der Waals surface area contributed by atoms with Crippen LogP contribution in [0, 0.1) is 11.3 Å². The molecule has 3 rings (SSSR count). The molecule has 6 heteroatoms. The molecule has 108 valence electrons. The normalized spacial score (nSPS) is 12.0. The van der Waals surface area contributed by atoms with E-state index in [1.54, 1.807) is 30.3 Å². The van der Waals surface area contributed by atoms with E-state index < -0.39 is 0 Å². The largest absolute Gasteiger partial charge is 0.506 e. The first kappa shape index (κ1) is 14.9. The second-order valence-electron chi connectivity index (χ2n) is 4.42. The number of fused-ring (bicyclic) bond motifs is 1. The van der Waals surface area contributed by atoms with Crippen molar-refractivity contribution in [2.24, 2.45) is 0 Å². The molecule has 0 saturated heterocycles. The third-order valence-electron chi connectivity index (χ3n) is 3.06. The van der Waals surface area contributed by atoms with E-state index >= 15 is 0 Å². The van der Waals surface area contributed by atoms with E-state index in [1.165, 1.54) is 11.3 Å². The van der Waals surface area contributed by atoms with Gasteiger partial charge in [0.15, 0.2) is 0 Å². The summed E-state index contributed by atoms with van der Waals surface area (Å²) in [5.74, 6) is -0.191. The van der Waals surface area contributed by atoms with Crippen molar-refractivity contribution in [2.45, 2.75) is 0 Å². The van der Waals surface area contributed by atoms with E-state index in [2.05, 4.69) is 4.98 Å². The lowest BCUT2D eigenvalue weighted by molar-refractivity contribution is 0.514. The number of allylic oxidation sites excluding steroid dienone is 1. The van der Waals surface area contributed by atoms with Crippen LogP contribution in [0.15, 0.2) is 42.5 Å². The summed E-state index contributed by atoms with van der Waals surface area (Å²) < 4.78 is 0.849. The highest BCUT2D eigenvalue weighted by Gasteiger charge is 2.17. The summed E-state index contributed by atoms with van der Waals surface area (Å²) in [4.78, 5) is 4.36. The minimum atomic E-state index is -0.191. The predicted octanol–water partition coefficient (Wildman–Crippen LogP) is 5.55. The summed E-state index contributed by atoms with van der Waals surface area (Å²) in [6.45, 7) is 0. The molecule has 0 saturated carbocycles. The van der Waals surface area contributed by atoms with Gasteiger partial charge in [-0.05, 0) is 24.3 Å². The molecule has 0 bridgehead atoms. The smallest absolute Gasteiger partial charge is 0.145 e. The highest BCUT2D eigenvalue weighted by molar-refractivity contribution is 7.19. The summed E-state index contributed by atoms with van der Waals surface area (Å²) in [7, 11) is 0. The molecular weight excluding hydrogens is 339 g/mol. The van der Waals surface area contributed by atoms with Crippen LogP contribution in [-0.4, -0.2) is 10.1 Å². The monoisotopic (exact) mass is 346 g/mol. The average molecular weight is 347 g/mol. The number of aliphatic hydroxyl groups excluding tert-OH is 1. The van der Waals surface area contributed by atoms with Gasteiger partial charge in [-0.2, -0.15) is 5.26 Å². The number of benzene rings is 2. The molecule has 1 heterocycles. The van der Waals surface area contributed by atoms with Gasteiger partial charge in [-0.25, -0.2) is 4.98 Å². The number of nitriles is 1. The van der Waals surface area contributed by atoms with Crippen molar-refractivity contribution >= 4 is 56.1 Å². The van der Waals surface area contributed by atoms with Gasteiger partial charge in [0.1, 0.15) is 27.9 Å². The molecule has 0 aliphatic rings. The van der Waals surface area contributed by atoms with Gasteiger partial charge in [0.25, 0.3) is 0 Å². The number of aromatic nitrogens is 1. The second-order valence-corrected chi connectivity index (χ2v) is 6.27. The van der Waals surface area contributed by atoms with Crippen molar-refractivity contribution in [3.8, 4) is 6.07 Å². The Morgan fingerprint density at radius 2 is 1.82 bits per heavy atom. The maximum Gasteiger partial charge on any atom is 0.145 e. The Bertz CT molecular complexity index is 941. The predicted molar refractivity (Wildman–Crippen MR) is 91.1 cm³/mol. The molecule has 0 aliphatic heterocycles. The first-order chi connectivity index (χ1) is 10.6. The number of halogens is 2. The van der Waals surface area contributed by atoms with Crippen LogP contribution in [0.4, 0.5) is 0 Å². The Labute approximate surface area is 140 Å². The van der Waals surface area contributed by atoms with Crippen molar-refractivity contribution in [3.63, 3.8) is 0 Å². The molecule has 22 heavy (non-hydrogen) atoms. The lowest BCUT2D eigenvalue weighted by Crippen LogP contribution is -1.90. The SMILES string of the molecule is N#C/C(=C(\O)c1ccccc1Cl)c1nc2c(Cl)cccc2s1. The molecule has 1 aromatic heterocycles. The minimum Gasteiger partial charge on any atom is -0.506 e. The van der Waals surface area contributed by atoms with Gasteiger partial charge < -0.3 is 5.11 Å². The number of aliphatic hydroxyl groups is 1. The number of nitrogens with zero attached hydrogens (tertiary/aromatic N) is 2. The van der Waals surface area contributed by atoms with Crippen molar-refractivity contribution in [2.75, 3.05) is 0 Å². The highest BCUT2D eigenvalue weighted by Crippen LogP contribution is 2.34. The third kappa shape index (κ3) is 2.55. The molecule has 3 aromatic rings. The van der Waals surface area contributed by atoms with Crippen LogP contribution in [-0.2, 0) is 0 Å². The summed E-state index contributed by atoms with van der Waals surface area (Å²) in [6, 6.07) is 14.2. The summed E-state index contributed by atoms with van der Waals surface area (Å²) in [6.07, 6.45) is 0. The molecule has 0 fully saturated rings. The molecule has 0 aliphatic carbocycles. The van der Waals surface area contributed by atoms with Gasteiger partial charge in [0.2, 0.25) is 0 Å². The first-order valence-corrected chi connectivity index (χ1v) is 7.82. The van der Waals surface area contributed by atoms with Crippen LogP contribution >= 0.6 is 34.5 Å². The average Bonchev–Trinajstić information content (AvgIpc) is 2.93. The summed E-state index contributed by atoms with van der Waals surface area (Å²) in [5, 5.41) is 21.1. The topological polar surface area (TPSA) is 56.9 Å². The van der Waals surface area contributed by atoms with Gasteiger partial charge in [-0.1, -0.05) is 41.4 Å². The number of hydrogen-bond donors (Lipinski definition) is 1. The van der Waals surface area contributed by atoms with E-state index in [4.69, 9.17) is 23.2 Å². The molecule has 0 amide bonds. The summed E-state index contributed by atoms with van der Waals surface area (Å²) >= 11 is 13.5. The van der Waals surface area contributed by atoms with Crippen LogP contribution in [0.25, 0.3) is 21.5 Å². The zero-order valence-electron chi connectivity index (χ0n) is 11.0. The van der Waals surface area contributed by atoms with E-state index in [9.17, 15) is 10.4 Å².